The van der Waals surface area contributed by atoms with Gasteiger partial charge in [0, 0.05) is 19.1 Å². The Morgan fingerprint density at radius 3 is 2.39 bits per heavy atom. The summed E-state index contributed by atoms with van der Waals surface area (Å²) in [4.78, 5) is 2.69. The maximum atomic E-state index is 3.71. The summed E-state index contributed by atoms with van der Waals surface area (Å²) in [6, 6.07) is 0.760. The zero-order valence-electron chi connectivity index (χ0n) is 12.1. The maximum absolute atomic E-state index is 3.71. The topological polar surface area (TPSA) is 15.3 Å². The van der Waals surface area contributed by atoms with Crippen LogP contribution >= 0.6 is 0 Å². The van der Waals surface area contributed by atoms with Crippen molar-refractivity contribution in [2.24, 2.45) is 11.3 Å². The number of nitrogens with one attached hydrogen (secondary N) is 1. The van der Waals surface area contributed by atoms with Crippen molar-refractivity contribution < 1.29 is 0 Å². The summed E-state index contributed by atoms with van der Waals surface area (Å²) in [6.45, 7) is 7.55. The molecule has 2 saturated carbocycles. The predicted octanol–water partition coefficient (Wildman–Crippen LogP) is 3.03. The summed E-state index contributed by atoms with van der Waals surface area (Å²) in [5.74, 6) is 0.994. The Kier molecular flexibility index (Phi) is 3.95. The minimum atomic E-state index is 0.760. The van der Waals surface area contributed by atoms with Crippen LogP contribution in [0.4, 0.5) is 0 Å². The number of piperidine rings is 1. The number of likely N-dealkylation sites (tertiary alicyclic amines) is 1. The normalized spacial score (nSPS) is 29.8. The predicted molar refractivity (Wildman–Crippen MR) is 76.8 cm³/mol. The average molecular weight is 250 g/mol. The lowest BCUT2D eigenvalue weighted by atomic mass is 9.77. The molecular formula is C16H30N2. The number of hydrogen-bond acceptors (Lipinski definition) is 2. The molecule has 1 atom stereocenters. The molecule has 0 radical (unpaired) electrons. The highest BCUT2D eigenvalue weighted by Gasteiger charge is 2.36. The van der Waals surface area contributed by atoms with Crippen molar-refractivity contribution in [2.45, 2.75) is 64.3 Å². The fourth-order valence-corrected chi connectivity index (χ4v) is 4.09. The first-order chi connectivity index (χ1) is 8.77. The van der Waals surface area contributed by atoms with Gasteiger partial charge in [0.05, 0.1) is 0 Å². The standard InChI is InChI=1S/C16H30N2/c1-14(15-4-5-15)17-10-13-18-11-8-16(9-12-18)6-2-3-7-16/h14-15,17H,2-13H2,1H3. The Hall–Kier alpha value is -0.0800. The molecule has 1 N–H and O–H groups in total. The van der Waals surface area contributed by atoms with Gasteiger partial charge in [-0.2, -0.15) is 0 Å². The molecular weight excluding hydrogens is 220 g/mol. The second-order valence-corrected chi connectivity index (χ2v) is 7.13. The Morgan fingerprint density at radius 2 is 1.78 bits per heavy atom. The van der Waals surface area contributed by atoms with Crippen LogP contribution in [0.25, 0.3) is 0 Å². The average Bonchev–Trinajstić information content (AvgIpc) is 3.15. The van der Waals surface area contributed by atoms with Crippen LogP contribution in [0.1, 0.15) is 58.3 Å². The van der Waals surface area contributed by atoms with Crippen LogP contribution in [0.15, 0.2) is 0 Å². The molecule has 3 rings (SSSR count). The van der Waals surface area contributed by atoms with E-state index in [1.807, 2.05) is 0 Å². The molecule has 0 amide bonds. The molecule has 3 aliphatic rings. The molecule has 0 aromatic carbocycles. The molecule has 2 nitrogen and oxygen atoms in total. The fraction of sp³-hybridized carbons (Fsp3) is 1.00. The van der Waals surface area contributed by atoms with Crippen molar-refractivity contribution in [2.75, 3.05) is 26.2 Å². The van der Waals surface area contributed by atoms with Crippen molar-refractivity contribution in [3.63, 3.8) is 0 Å². The van der Waals surface area contributed by atoms with Gasteiger partial charge in [0.2, 0.25) is 0 Å². The highest BCUT2D eigenvalue weighted by atomic mass is 15.1. The molecule has 1 aliphatic heterocycles. The van der Waals surface area contributed by atoms with E-state index in [1.54, 1.807) is 0 Å². The quantitative estimate of drug-likeness (QED) is 0.807. The Morgan fingerprint density at radius 1 is 1.11 bits per heavy atom. The Bertz CT molecular complexity index is 256. The molecule has 0 aromatic heterocycles. The van der Waals surface area contributed by atoms with Gasteiger partial charge < -0.3 is 10.2 Å². The summed E-state index contributed by atoms with van der Waals surface area (Å²) in [5, 5.41) is 3.71. The molecule has 18 heavy (non-hydrogen) atoms. The van der Waals surface area contributed by atoms with Gasteiger partial charge in [0.15, 0.2) is 0 Å². The first-order valence-electron chi connectivity index (χ1n) is 8.23. The molecule has 1 unspecified atom stereocenters. The zero-order valence-corrected chi connectivity index (χ0v) is 12.1. The van der Waals surface area contributed by atoms with Crippen LogP contribution in [0.2, 0.25) is 0 Å². The minimum absolute atomic E-state index is 0.760. The fourth-order valence-electron chi connectivity index (χ4n) is 4.09. The molecule has 1 spiro atoms. The Balaban J connectivity index is 1.32. The van der Waals surface area contributed by atoms with E-state index < -0.39 is 0 Å². The third-order valence-electron chi connectivity index (χ3n) is 5.80. The lowest BCUT2D eigenvalue weighted by molar-refractivity contribution is 0.108. The van der Waals surface area contributed by atoms with Crippen molar-refractivity contribution in [1.82, 2.24) is 10.2 Å². The van der Waals surface area contributed by atoms with E-state index in [2.05, 4.69) is 17.1 Å². The van der Waals surface area contributed by atoms with Crippen LogP contribution in [0.3, 0.4) is 0 Å². The molecule has 1 heterocycles. The van der Waals surface area contributed by atoms with E-state index >= 15 is 0 Å². The molecule has 3 fully saturated rings. The zero-order chi connectivity index (χ0) is 12.4. The summed E-state index contributed by atoms with van der Waals surface area (Å²) >= 11 is 0. The van der Waals surface area contributed by atoms with E-state index in [4.69, 9.17) is 0 Å². The highest BCUT2D eigenvalue weighted by molar-refractivity contribution is 4.90. The summed E-state index contributed by atoms with van der Waals surface area (Å²) < 4.78 is 0. The van der Waals surface area contributed by atoms with E-state index in [1.165, 1.54) is 77.5 Å². The van der Waals surface area contributed by atoms with E-state index in [-0.39, 0.29) is 0 Å². The maximum Gasteiger partial charge on any atom is 0.0107 e. The number of hydrogen-bond donors (Lipinski definition) is 1. The van der Waals surface area contributed by atoms with Gasteiger partial charge in [0.1, 0.15) is 0 Å². The molecule has 1 saturated heterocycles. The van der Waals surface area contributed by atoms with E-state index in [0.29, 0.717) is 0 Å². The smallest absolute Gasteiger partial charge is 0.0107 e. The molecule has 104 valence electrons. The van der Waals surface area contributed by atoms with Gasteiger partial charge in [-0.15, -0.1) is 0 Å². The highest BCUT2D eigenvalue weighted by Crippen LogP contribution is 2.45. The van der Waals surface area contributed by atoms with Crippen molar-refractivity contribution in [1.29, 1.82) is 0 Å². The summed E-state index contributed by atoms with van der Waals surface area (Å²) in [5.41, 5.74) is 0.783. The third-order valence-corrected chi connectivity index (χ3v) is 5.80. The van der Waals surface area contributed by atoms with Crippen LogP contribution in [0, 0.1) is 11.3 Å². The minimum Gasteiger partial charge on any atom is -0.313 e. The molecule has 0 aromatic rings. The molecule has 0 bridgehead atoms. The Labute approximate surface area is 113 Å². The van der Waals surface area contributed by atoms with Crippen molar-refractivity contribution in [3.05, 3.63) is 0 Å². The largest absolute Gasteiger partial charge is 0.313 e. The van der Waals surface area contributed by atoms with Crippen LogP contribution in [0.5, 0.6) is 0 Å². The SMILES string of the molecule is CC(NCCN1CCC2(CCCC2)CC1)C1CC1. The van der Waals surface area contributed by atoms with Crippen LogP contribution in [-0.2, 0) is 0 Å². The first-order valence-corrected chi connectivity index (χ1v) is 8.23. The lowest BCUT2D eigenvalue weighted by Crippen LogP contribution is -2.43. The number of rotatable bonds is 5. The van der Waals surface area contributed by atoms with E-state index in [0.717, 1.165) is 17.4 Å². The monoisotopic (exact) mass is 250 g/mol. The first kappa shape index (κ1) is 12.9. The van der Waals surface area contributed by atoms with E-state index in [9.17, 15) is 0 Å². The van der Waals surface area contributed by atoms with Gasteiger partial charge in [-0.25, -0.2) is 0 Å². The van der Waals surface area contributed by atoms with Gasteiger partial charge in [-0.3, -0.25) is 0 Å². The van der Waals surface area contributed by atoms with Crippen LogP contribution in [-0.4, -0.2) is 37.1 Å². The van der Waals surface area contributed by atoms with Crippen molar-refractivity contribution in [3.8, 4) is 0 Å². The second-order valence-electron chi connectivity index (χ2n) is 7.13. The third kappa shape index (κ3) is 3.08. The van der Waals surface area contributed by atoms with Crippen molar-refractivity contribution >= 4 is 0 Å². The van der Waals surface area contributed by atoms with Gasteiger partial charge >= 0.3 is 0 Å². The summed E-state index contributed by atoms with van der Waals surface area (Å²) in [6.07, 6.45) is 11.9. The lowest BCUT2D eigenvalue weighted by Gasteiger charge is -2.39. The van der Waals surface area contributed by atoms with Gasteiger partial charge in [-0.05, 0) is 69.9 Å². The van der Waals surface area contributed by atoms with Gasteiger partial charge in [-0.1, -0.05) is 12.8 Å². The number of nitrogens with zero attached hydrogens (tertiary/aromatic N) is 1. The molecule has 2 heteroatoms. The van der Waals surface area contributed by atoms with Gasteiger partial charge in [0.25, 0.3) is 0 Å². The summed E-state index contributed by atoms with van der Waals surface area (Å²) in [7, 11) is 0. The van der Waals surface area contributed by atoms with Crippen LogP contribution < -0.4 is 5.32 Å². The molecule has 2 aliphatic carbocycles. The second kappa shape index (κ2) is 5.50.